The summed E-state index contributed by atoms with van der Waals surface area (Å²) >= 11 is 1.57. The maximum absolute atomic E-state index is 12.0. The topological polar surface area (TPSA) is 54.9 Å². The van der Waals surface area contributed by atoms with Crippen molar-refractivity contribution in [3.8, 4) is 0 Å². The van der Waals surface area contributed by atoms with E-state index >= 15 is 0 Å². The van der Waals surface area contributed by atoms with Crippen molar-refractivity contribution in [1.82, 2.24) is 0 Å². The van der Waals surface area contributed by atoms with E-state index in [0.717, 1.165) is 17.2 Å². The maximum atomic E-state index is 12.0. The van der Waals surface area contributed by atoms with Crippen molar-refractivity contribution >= 4 is 28.5 Å². The van der Waals surface area contributed by atoms with Gasteiger partial charge >= 0.3 is 0 Å². The molecule has 18 heavy (non-hydrogen) atoms. The number of fused-ring (bicyclic) bond motifs is 1. The quantitative estimate of drug-likeness (QED) is 0.821. The van der Waals surface area contributed by atoms with Gasteiger partial charge in [0.25, 0.3) is 5.91 Å². The van der Waals surface area contributed by atoms with Crippen LogP contribution in [-0.2, 0) is 4.79 Å². The number of aliphatic imine (C=N–C) groups is 2. The van der Waals surface area contributed by atoms with E-state index in [4.69, 9.17) is 4.42 Å². The van der Waals surface area contributed by atoms with E-state index < -0.39 is 0 Å². The number of nitrogens with zero attached hydrogens (tertiary/aromatic N) is 2. The largest absolute Gasteiger partial charge is 0.458 e. The molecule has 0 saturated carbocycles. The van der Waals surface area contributed by atoms with E-state index in [2.05, 4.69) is 16.9 Å². The number of rotatable bonds is 2. The van der Waals surface area contributed by atoms with Gasteiger partial charge in [0.2, 0.25) is 0 Å². The van der Waals surface area contributed by atoms with Gasteiger partial charge < -0.3 is 4.42 Å². The Morgan fingerprint density at radius 2 is 2.22 bits per heavy atom. The highest BCUT2D eigenvalue weighted by atomic mass is 32.2. The Morgan fingerprint density at radius 3 is 2.89 bits per heavy atom. The number of furan rings is 1. The van der Waals surface area contributed by atoms with Gasteiger partial charge in [-0.15, -0.1) is 0 Å². The predicted molar refractivity (Wildman–Crippen MR) is 71.9 cm³/mol. The van der Waals surface area contributed by atoms with Gasteiger partial charge in [0.15, 0.2) is 11.6 Å². The monoisotopic (exact) mass is 260 g/mol. The molecule has 0 N–H and O–H groups in total. The Morgan fingerprint density at radius 1 is 1.39 bits per heavy atom. The fourth-order valence-corrected chi connectivity index (χ4v) is 2.96. The Kier molecular flexibility index (Phi) is 2.70. The second-order valence-corrected chi connectivity index (χ2v) is 5.35. The first-order chi connectivity index (χ1) is 8.67. The van der Waals surface area contributed by atoms with Crippen LogP contribution in [0.1, 0.15) is 24.9 Å². The zero-order valence-corrected chi connectivity index (χ0v) is 11.0. The molecule has 3 rings (SSSR count). The molecule has 1 amide bonds. The van der Waals surface area contributed by atoms with Crippen molar-refractivity contribution in [2.45, 2.75) is 20.3 Å². The summed E-state index contributed by atoms with van der Waals surface area (Å²) < 4.78 is 5.46. The average molecular weight is 260 g/mol. The Balaban J connectivity index is 1.96. The molecule has 0 fully saturated rings. The highest BCUT2D eigenvalue weighted by molar-refractivity contribution is 8.17. The molecule has 1 unspecified atom stereocenters. The van der Waals surface area contributed by atoms with Crippen molar-refractivity contribution in [3.63, 3.8) is 0 Å². The minimum absolute atomic E-state index is 0.153. The lowest BCUT2D eigenvalue weighted by Crippen LogP contribution is -2.22. The molecule has 1 aromatic heterocycles. The van der Waals surface area contributed by atoms with Gasteiger partial charge in [0.1, 0.15) is 11.7 Å². The summed E-state index contributed by atoms with van der Waals surface area (Å²) in [7, 11) is 0. The smallest absolute Gasteiger partial charge is 0.261 e. The fourth-order valence-electron chi connectivity index (χ4n) is 1.92. The summed E-state index contributed by atoms with van der Waals surface area (Å²) in [4.78, 5) is 21.6. The van der Waals surface area contributed by atoms with Gasteiger partial charge in [-0.3, -0.25) is 4.79 Å². The SMILES string of the molecule is CCC1=CC2C(=O)N=C(c3ccc(C)o3)N=C2S1. The highest BCUT2D eigenvalue weighted by Crippen LogP contribution is 2.36. The molecule has 92 valence electrons. The molecule has 3 heterocycles. The number of aryl methyl sites for hydroxylation is 1. The van der Waals surface area contributed by atoms with Crippen LogP contribution in [0.3, 0.4) is 0 Å². The first kappa shape index (κ1) is 11.5. The van der Waals surface area contributed by atoms with Gasteiger partial charge in [0.05, 0.1) is 5.04 Å². The summed E-state index contributed by atoms with van der Waals surface area (Å²) in [6.07, 6.45) is 2.88. The Bertz CT molecular complexity index is 610. The van der Waals surface area contributed by atoms with Crippen LogP contribution in [0, 0.1) is 12.8 Å². The molecule has 1 atom stereocenters. The number of carbonyl (C=O) groups excluding carboxylic acids is 1. The van der Waals surface area contributed by atoms with Crippen molar-refractivity contribution in [2.24, 2.45) is 15.9 Å². The van der Waals surface area contributed by atoms with Crippen LogP contribution in [0.4, 0.5) is 0 Å². The molecular weight excluding hydrogens is 248 g/mol. The summed E-state index contributed by atoms with van der Waals surface area (Å²) in [5.41, 5.74) is 0. The van der Waals surface area contributed by atoms with E-state index in [1.165, 1.54) is 4.91 Å². The molecule has 1 aromatic rings. The van der Waals surface area contributed by atoms with Crippen LogP contribution in [-0.4, -0.2) is 16.8 Å². The number of amidine groups is 1. The van der Waals surface area contributed by atoms with E-state index in [1.54, 1.807) is 17.8 Å². The zero-order valence-electron chi connectivity index (χ0n) is 10.1. The molecular formula is C13H12N2O2S. The summed E-state index contributed by atoms with van der Waals surface area (Å²) in [6, 6.07) is 3.63. The van der Waals surface area contributed by atoms with Gasteiger partial charge in [-0.05, 0) is 30.4 Å². The Hall–Kier alpha value is -1.62. The fraction of sp³-hybridized carbons (Fsp3) is 0.308. The molecule has 2 aliphatic heterocycles. The number of hydrogen-bond donors (Lipinski definition) is 0. The summed E-state index contributed by atoms with van der Waals surface area (Å²) in [5, 5.41) is 0.816. The Labute approximate surface area is 109 Å². The van der Waals surface area contributed by atoms with Gasteiger partial charge in [-0.2, -0.15) is 4.99 Å². The molecule has 4 nitrogen and oxygen atoms in total. The first-order valence-electron chi connectivity index (χ1n) is 5.84. The minimum Gasteiger partial charge on any atom is -0.458 e. The lowest BCUT2D eigenvalue weighted by atomic mass is 10.1. The molecule has 0 aliphatic carbocycles. The predicted octanol–water partition coefficient (Wildman–Crippen LogP) is 2.93. The van der Waals surface area contributed by atoms with Gasteiger partial charge in [-0.25, -0.2) is 4.99 Å². The average Bonchev–Trinajstić information content (AvgIpc) is 2.94. The molecule has 5 heteroatoms. The number of hydrogen-bond acceptors (Lipinski definition) is 4. The molecule has 0 bridgehead atoms. The van der Waals surface area contributed by atoms with Gasteiger partial charge in [0, 0.05) is 0 Å². The maximum Gasteiger partial charge on any atom is 0.261 e. The molecule has 0 saturated heterocycles. The lowest BCUT2D eigenvalue weighted by Gasteiger charge is -2.11. The van der Waals surface area contributed by atoms with E-state index in [9.17, 15) is 4.79 Å². The third-order valence-corrected chi connectivity index (χ3v) is 4.10. The van der Waals surface area contributed by atoms with Crippen molar-refractivity contribution in [2.75, 3.05) is 0 Å². The van der Waals surface area contributed by atoms with Crippen LogP contribution in [0.25, 0.3) is 0 Å². The van der Waals surface area contributed by atoms with Crippen LogP contribution >= 0.6 is 11.8 Å². The summed E-state index contributed by atoms with van der Waals surface area (Å²) in [5.74, 6) is 1.30. The summed E-state index contributed by atoms with van der Waals surface area (Å²) in [6.45, 7) is 3.92. The molecule has 0 radical (unpaired) electrons. The molecule has 2 aliphatic rings. The van der Waals surface area contributed by atoms with Crippen LogP contribution in [0.15, 0.2) is 37.5 Å². The van der Waals surface area contributed by atoms with Crippen molar-refractivity contribution < 1.29 is 9.21 Å². The lowest BCUT2D eigenvalue weighted by molar-refractivity contribution is -0.118. The zero-order chi connectivity index (χ0) is 12.7. The second kappa shape index (κ2) is 4.24. The van der Waals surface area contributed by atoms with Crippen molar-refractivity contribution in [3.05, 3.63) is 34.6 Å². The minimum atomic E-state index is -0.273. The van der Waals surface area contributed by atoms with Gasteiger partial charge in [-0.1, -0.05) is 24.8 Å². The third-order valence-electron chi connectivity index (χ3n) is 2.86. The molecule has 0 spiro atoms. The van der Waals surface area contributed by atoms with Crippen LogP contribution in [0.5, 0.6) is 0 Å². The number of amides is 1. The second-order valence-electron chi connectivity index (χ2n) is 4.20. The standard InChI is InChI=1S/C13H12N2O2S/c1-3-8-6-9-12(16)14-11(15-13(9)18-8)10-5-4-7(2)17-10/h4-6,9H,3H2,1-2H3. The number of allylic oxidation sites excluding steroid dienone is 1. The third kappa shape index (κ3) is 1.84. The molecule has 0 aromatic carbocycles. The van der Waals surface area contributed by atoms with Crippen LogP contribution < -0.4 is 0 Å². The van der Waals surface area contributed by atoms with E-state index in [-0.39, 0.29) is 11.8 Å². The first-order valence-corrected chi connectivity index (χ1v) is 6.65. The number of carbonyl (C=O) groups is 1. The van der Waals surface area contributed by atoms with Crippen molar-refractivity contribution in [1.29, 1.82) is 0 Å². The van der Waals surface area contributed by atoms with E-state index in [1.807, 2.05) is 19.1 Å². The highest BCUT2D eigenvalue weighted by Gasteiger charge is 2.33. The normalized spacial score (nSPS) is 22.4. The van der Waals surface area contributed by atoms with E-state index in [0.29, 0.717) is 11.6 Å². The van der Waals surface area contributed by atoms with Crippen LogP contribution in [0.2, 0.25) is 0 Å². The number of thioether (sulfide) groups is 1.